The number of allylic oxidation sites excluding steroid dienone is 2. The van der Waals surface area contributed by atoms with Crippen molar-refractivity contribution in [2.24, 2.45) is 11.7 Å². The summed E-state index contributed by atoms with van der Waals surface area (Å²) in [6.45, 7) is 4.65. The lowest BCUT2D eigenvalue weighted by molar-refractivity contribution is 0.104. The van der Waals surface area contributed by atoms with E-state index < -0.39 is 0 Å². The topological polar surface area (TPSA) is 72.5 Å². The van der Waals surface area contributed by atoms with Crippen LogP contribution in [0.25, 0.3) is 0 Å². The maximum absolute atomic E-state index is 12.2. The Labute approximate surface area is 133 Å². The molecule has 0 aliphatic carbocycles. The number of rotatable bonds is 9. The molecule has 22 heavy (non-hydrogen) atoms. The van der Waals surface area contributed by atoms with E-state index in [0.717, 1.165) is 18.8 Å². The zero-order valence-electron chi connectivity index (χ0n) is 13.8. The SMILES string of the molecule is COc1cc(CN)c(C(=O)C=CCCCCC(C)C)cc1O. The van der Waals surface area contributed by atoms with Crippen LogP contribution in [0, 0.1) is 5.92 Å². The van der Waals surface area contributed by atoms with Crippen molar-refractivity contribution in [1.29, 1.82) is 0 Å². The van der Waals surface area contributed by atoms with Crippen LogP contribution < -0.4 is 10.5 Å². The van der Waals surface area contributed by atoms with Crippen LogP contribution in [0.2, 0.25) is 0 Å². The highest BCUT2D eigenvalue weighted by atomic mass is 16.5. The number of carbonyl (C=O) groups excluding carboxylic acids is 1. The van der Waals surface area contributed by atoms with Gasteiger partial charge in [-0.05, 0) is 42.5 Å². The quantitative estimate of drug-likeness (QED) is 0.413. The van der Waals surface area contributed by atoms with Gasteiger partial charge in [0.25, 0.3) is 0 Å². The highest BCUT2D eigenvalue weighted by Gasteiger charge is 2.13. The number of benzene rings is 1. The molecule has 0 saturated carbocycles. The predicted molar refractivity (Wildman–Crippen MR) is 89.3 cm³/mol. The summed E-state index contributed by atoms with van der Waals surface area (Å²) in [5, 5.41) is 9.81. The van der Waals surface area contributed by atoms with Crippen molar-refractivity contribution in [3.63, 3.8) is 0 Å². The number of aromatic hydroxyl groups is 1. The Morgan fingerprint density at radius 1 is 1.36 bits per heavy atom. The molecule has 122 valence electrons. The van der Waals surface area contributed by atoms with Gasteiger partial charge in [0.2, 0.25) is 0 Å². The summed E-state index contributed by atoms with van der Waals surface area (Å²) in [4.78, 5) is 12.2. The number of carbonyl (C=O) groups is 1. The van der Waals surface area contributed by atoms with Crippen molar-refractivity contribution in [3.05, 3.63) is 35.4 Å². The van der Waals surface area contributed by atoms with Crippen molar-refractivity contribution in [1.82, 2.24) is 0 Å². The predicted octanol–water partition coefficient (Wildman–Crippen LogP) is 3.81. The fourth-order valence-corrected chi connectivity index (χ4v) is 2.27. The lowest BCUT2D eigenvalue weighted by Crippen LogP contribution is -2.06. The molecule has 0 aromatic heterocycles. The van der Waals surface area contributed by atoms with Crippen molar-refractivity contribution >= 4 is 5.78 Å². The van der Waals surface area contributed by atoms with Gasteiger partial charge in [-0.2, -0.15) is 0 Å². The minimum Gasteiger partial charge on any atom is -0.504 e. The minimum atomic E-state index is -0.137. The summed E-state index contributed by atoms with van der Waals surface area (Å²) in [6.07, 6.45) is 7.82. The average molecular weight is 305 g/mol. The van der Waals surface area contributed by atoms with E-state index in [9.17, 15) is 9.90 Å². The molecule has 0 amide bonds. The first-order valence-electron chi connectivity index (χ1n) is 7.80. The molecule has 0 fully saturated rings. The Kier molecular flexibility index (Phi) is 7.67. The van der Waals surface area contributed by atoms with Crippen molar-refractivity contribution < 1.29 is 14.6 Å². The lowest BCUT2D eigenvalue weighted by atomic mass is 10.0. The number of hydrogen-bond acceptors (Lipinski definition) is 4. The second-order valence-electron chi connectivity index (χ2n) is 5.83. The van der Waals surface area contributed by atoms with E-state index in [-0.39, 0.29) is 18.1 Å². The van der Waals surface area contributed by atoms with Gasteiger partial charge in [-0.15, -0.1) is 0 Å². The maximum Gasteiger partial charge on any atom is 0.185 e. The van der Waals surface area contributed by atoms with Crippen LogP contribution in [0.4, 0.5) is 0 Å². The van der Waals surface area contributed by atoms with Gasteiger partial charge in [-0.25, -0.2) is 0 Å². The largest absolute Gasteiger partial charge is 0.504 e. The standard InChI is InChI=1S/C18H27NO3/c1-13(2)8-6-4-5-7-9-16(20)15-11-17(21)18(22-3)10-14(15)12-19/h7,9-11,13,21H,4-6,8,12,19H2,1-3H3. The molecule has 0 spiro atoms. The molecule has 0 aliphatic rings. The lowest BCUT2D eigenvalue weighted by Gasteiger charge is -2.09. The number of ether oxygens (including phenoxy) is 1. The Bertz CT molecular complexity index is 521. The second-order valence-corrected chi connectivity index (χ2v) is 5.83. The summed E-state index contributed by atoms with van der Waals surface area (Å²) in [5.74, 6) is 0.866. The van der Waals surface area contributed by atoms with Crippen LogP contribution in [0.3, 0.4) is 0 Å². The van der Waals surface area contributed by atoms with Gasteiger partial charge < -0.3 is 15.6 Å². The molecule has 3 N–H and O–H groups in total. The second kappa shape index (κ2) is 9.26. The molecule has 1 aromatic carbocycles. The summed E-state index contributed by atoms with van der Waals surface area (Å²) < 4.78 is 5.03. The summed E-state index contributed by atoms with van der Waals surface area (Å²) in [6, 6.07) is 3.03. The van der Waals surface area contributed by atoms with Gasteiger partial charge in [-0.3, -0.25) is 4.79 Å². The molecule has 1 aromatic rings. The van der Waals surface area contributed by atoms with E-state index >= 15 is 0 Å². The van der Waals surface area contributed by atoms with E-state index in [4.69, 9.17) is 10.5 Å². The van der Waals surface area contributed by atoms with Crippen molar-refractivity contribution in [3.8, 4) is 11.5 Å². The summed E-state index contributed by atoms with van der Waals surface area (Å²) in [7, 11) is 1.47. The monoisotopic (exact) mass is 305 g/mol. The average Bonchev–Trinajstić information content (AvgIpc) is 2.49. The Balaban J connectivity index is 2.67. The third-order valence-electron chi connectivity index (χ3n) is 3.56. The molecule has 0 heterocycles. The van der Waals surface area contributed by atoms with E-state index in [1.165, 1.54) is 26.0 Å². The first-order valence-corrected chi connectivity index (χ1v) is 7.80. The number of methoxy groups -OCH3 is 1. The summed E-state index contributed by atoms with van der Waals surface area (Å²) in [5.41, 5.74) is 6.77. The van der Waals surface area contributed by atoms with Gasteiger partial charge in [0.15, 0.2) is 17.3 Å². The van der Waals surface area contributed by atoms with E-state index in [1.54, 1.807) is 12.1 Å². The molecule has 1 rings (SSSR count). The third-order valence-corrected chi connectivity index (χ3v) is 3.56. The summed E-state index contributed by atoms with van der Waals surface area (Å²) >= 11 is 0. The van der Waals surface area contributed by atoms with E-state index in [0.29, 0.717) is 16.9 Å². The number of phenolic OH excluding ortho intramolecular Hbond substituents is 1. The number of nitrogens with two attached hydrogens (primary N) is 1. The molecule has 0 unspecified atom stereocenters. The van der Waals surface area contributed by atoms with Gasteiger partial charge >= 0.3 is 0 Å². The molecule has 0 aliphatic heterocycles. The van der Waals surface area contributed by atoms with Gasteiger partial charge in [0, 0.05) is 12.1 Å². The fraction of sp³-hybridized carbons (Fsp3) is 0.500. The van der Waals surface area contributed by atoms with Gasteiger partial charge in [-0.1, -0.05) is 32.8 Å². The Hall–Kier alpha value is -1.81. The molecule has 0 radical (unpaired) electrons. The molecular weight excluding hydrogens is 278 g/mol. The highest BCUT2D eigenvalue weighted by Crippen LogP contribution is 2.29. The van der Waals surface area contributed by atoms with Crippen LogP contribution in [0.5, 0.6) is 11.5 Å². The van der Waals surface area contributed by atoms with Crippen molar-refractivity contribution in [2.75, 3.05) is 7.11 Å². The Morgan fingerprint density at radius 2 is 2.09 bits per heavy atom. The number of hydrogen-bond donors (Lipinski definition) is 2. The zero-order chi connectivity index (χ0) is 16.5. The molecular formula is C18H27NO3. The van der Waals surface area contributed by atoms with Crippen LogP contribution in [0.15, 0.2) is 24.3 Å². The Morgan fingerprint density at radius 3 is 2.68 bits per heavy atom. The van der Waals surface area contributed by atoms with Crippen LogP contribution in [0.1, 0.15) is 55.5 Å². The minimum absolute atomic E-state index is 0.0478. The van der Waals surface area contributed by atoms with Crippen molar-refractivity contribution in [2.45, 2.75) is 46.1 Å². The first-order chi connectivity index (χ1) is 10.5. The third kappa shape index (κ3) is 5.53. The first kappa shape index (κ1) is 18.2. The number of ketones is 1. The number of unbranched alkanes of at least 4 members (excludes halogenated alkanes) is 2. The molecule has 0 bridgehead atoms. The van der Waals surface area contributed by atoms with Gasteiger partial charge in [0.1, 0.15) is 0 Å². The smallest absolute Gasteiger partial charge is 0.185 e. The highest BCUT2D eigenvalue weighted by molar-refractivity contribution is 6.06. The van der Waals surface area contributed by atoms with E-state index in [1.807, 2.05) is 6.08 Å². The molecule has 4 heteroatoms. The van der Waals surface area contributed by atoms with Crippen LogP contribution in [-0.2, 0) is 6.54 Å². The fourth-order valence-electron chi connectivity index (χ4n) is 2.27. The molecule has 0 atom stereocenters. The van der Waals surface area contributed by atoms with Gasteiger partial charge in [0.05, 0.1) is 7.11 Å². The maximum atomic E-state index is 12.2. The zero-order valence-corrected chi connectivity index (χ0v) is 13.8. The normalized spacial score (nSPS) is 11.3. The molecule has 4 nitrogen and oxygen atoms in total. The van der Waals surface area contributed by atoms with Crippen LogP contribution >= 0.6 is 0 Å². The van der Waals surface area contributed by atoms with E-state index in [2.05, 4.69) is 13.8 Å². The number of phenols is 1. The van der Waals surface area contributed by atoms with Crippen LogP contribution in [-0.4, -0.2) is 18.0 Å². The molecule has 0 saturated heterocycles.